The molecule has 1 N–H and O–H groups in total. The van der Waals surface area contributed by atoms with E-state index in [1.54, 1.807) is 6.07 Å². The van der Waals surface area contributed by atoms with Gasteiger partial charge in [0.25, 0.3) is 11.6 Å². The smallest absolute Gasteiger partial charge is 0.348 e. The molecule has 0 saturated heterocycles. The van der Waals surface area contributed by atoms with Crippen molar-refractivity contribution in [2.75, 3.05) is 19.0 Å². The van der Waals surface area contributed by atoms with Crippen LogP contribution >= 0.6 is 11.3 Å². The Labute approximate surface area is 153 Å². The molecule has 9 heteroatoms. The summed E-state index contributed by atoms with van der Waals surface area (Å²) >= 11 is 1.32. The predicted octanol–water partition coefficient (Wildman–Crippen LogP) is 3.33. The molecule has 0 unspecified atom stereocenters. The number of ether oxygens (including phenoxy) is 2. The van der Waals surface area contributed by atoms with E-state index in [0.717, 1.165) is 16.9 Å². The highest BCUT2D eigenvalue weighted by Crippen LogP contribution is 2.29. The number of methoxy groups -OCH3 is 1. The molecular formula is C17H18N2O6S. The molecule has 1 aromatic heterocycles. The van der Waals surface area contributed by atoms with Crippen LogP contribution in [-0.4, -0.2) is 30.5 Å². The molecule has 2 aromatic rings. The molecule has 0 atom stereocenters. The molecule has 1 amide bonds. The quantitative estimate of drug-likeness (QED) is 0.450. The molecule has 26 heavy (non-hydrogen) atoms. The Bertz CT molecular complexity index is 846. The normalized spacial score (nSPS) is 10.3. The van der Waals surface area contributed by atoms with E-state index in [2.05, 4.69) is 5.32 Å². The predicted molar refractivity (Wildman–Crippen MR) is 97.0 cm³/mol. The number of nitrogens with one attached hydrogen (secondary N) is 1. The van der Waals surface area contributed by atoms with Crippen LogP contribution in [0.4, 0.5) is 11.4 Å². The summed E-state index contributed by atoms with van der Waals surface area (Å²) in [5.41, 5.74) is 0.686. The number of carbonyl (C=O) groups excluding carboxylic acids is 2. The van der Waals surface area contributed by atoms with Gasteiger partial charge in [-0.25, -0.2) is 4.79 Å². The summed E-state index contributed by atoms with van der Waals surface area (Å²) < 4.78 is 9.91. The Balaban J connectivity index is 2.00. The van der Waals surface area contributed by atoms with E-state index in [-0.39, 0.29) is 11.4 Å². The minimum atomic E-state index is -0.671. The average Bonchev–Trinajstić information content (AvgIpc) is 3.00. The highest BCUT2D eigenvalue weighted by molar-refractivity contribution is 7.14. The summed E-state index contributed by atoms with van der Waals surface area (Å²) in [4.78, 5) is 36.0. The molecule has 1 aromatic carbocycles. The van der Waals surface area contributed by atoms with Crippen molar-refractivity contribution >= 4 is 34.6 Å². The number of esters is 1. The minimum Gasteiger partial charge on any atom is -0.496 e. The fraction of sp³-hybridized carbons (Fsp3) is 0.294. The Morgan fingerprint density at radius 2 is 2.04 bits per heavy atom. The first-order chi connectivity index (χ1) is 12.3. The van der Waals surface area contributed by atoms with Crippen molar-refractivity contribution in [3.05, 3.63) is 49.7 Å². The standard InChI is InChI=1S/C17H18N2O6S/c1-4-14-10(2)7-15(26-14)17(21)25-9-16(20)18-12-6-5-11(24-3)8-13(12)19(22)23/h5-8H,4,9H2,1-3H3,(H,18,20). The lowest BCUT2D eigenvalue weighted by molar-refractivity contribution is -0.384. The lowest BCUT2D eigenvalue weighted by Gasteiger charge is -2.08. The first-order valence-corrected chi connectivity index (χ1v) is 8.56. The number of rotatable bonds is 7. The second-order valence-corrected chi connectivity index (χ2v) is 6.47. The molecule has 0 saturated carbocycles. The summed E-state index contributed by atoms with van der Waals surface area (Å²) in [5, 5.41) is 13.5. The molecule has 1 heterocycles. The number of nitrogens with zero attached hydrogens (tertiary/aromatic N) is 1. The highest BCUT2D eigenvalue weighted by Gasteiger charge is 2.19. The number of aryl methyl sites for hydroxylation is 2. The molecule has 0 aliphatic heterocycles. The van der Waals surface area contributed by atoms with Gasteiger partial charge in [-0.3, -0.25) is 14.9 Å². The first-order valence-electron chi connectivity index (χ1n) is 7.74. The zero-order chi connectivity index (χ0) is 19.3. The molecule has 0 aliphatic carbocycles. The third-order valence-corrected chi connectivity index (χ3v) is 4.91. The van der Waals surface area contributed by atoms with Gasteiger partial charge in [-0.05, 0) is 37.1 Å². The van der Waals surface area contributed by atoms with Crippen LogP contribution in [0, 0.1) is 17.0 Å². The van der Waals surface area contributed by atoms with Gasteiger partial charge in [-0.15, -0.1) is 11.3 Å². The number of amides is 1. The SMILES string of the molecule is CCc1sc(C(=O)OCC(=O)Nc2ccc(OC)cc2[N+](=O)[O-])cc1C. The van der Waals surface area contributed by atoms with Gasteiger partial charge in [0, 0.05) is 4.88 Å². The third-order valence-electron chi connectivity index (χ3n) is 3.55. The van der Waals surface area contributed by atoms with Crippen molar-refractivity contribution in [1.29, 1.82) is 0 Å². The summed E-state index contributed by atoms with van der Waals surface area (Å²) in [6, 6.07) is 5.75. The Morgan fingerprint density at radius 1 is 1.31 bits per heavy atom. The zero-order valence-electron chi connectivity index (χ0n) is 14.5. The second-order valence-electron chi connectivity index (χ2n) is 5.33. The monoisotopic (exact) mass is 378 g/mol. The van der Waals surface area contributed by atoms with Crippen molar-refractivity contribution in [3.63, 3.8) is 0 Å². The van der Waals surface area contributed by atoms with Gasteiger partial charge in [0.15, 0.2) is 6.61 Å². The highest BCUT2D eigenvalue weighted by atomic mass is 32.1. The molecule has 0 aliphatic rings. The van der Waals surface area contributed by atoms with Crippen molar-refractivity contribution in [2.45, 2.75) is 20.3 Å². The average molecular weight is 378 g/mol. The summed E-state index contributed by atoms with van der Waals surface area (Å²) in [5.74, 6) is -0.978. The van der Waals surface area contributed by atoms with Crippen LogP contribution in [0.2, 0.25) is 0 Å². The molecule has 2 rings (SSSR count). The van der Waals surface area contributed by atoms with Gasteiger partial charge in [-0.2, -0.15) is 0 Å². The molecule has 0 fully saturated rings. The summed E-state index contributed by atoms with van der Waals surface area (Å²) in [7, 11) is 1.38. The second kappa shape index (κ2) is 8.43. The number of anilines is 1. The van der Waals surface area contributed by atoms with E-state index in [1.165, 1.54) is 36.6 Å². The van der Waals surface area contributed by atoms with E-state index in [9.17, 15) is 19.7 Å². The largest absolute Gasteiger partial charge is 0.496 e. The van der Waals surface area contributed by atoms with E-state index in [1.807, 2.05) is 13.8 Å². The number of hydrogen-bond donors (Lipinski definition) is 1. The van der Waals surface area contributed by atoms with Crippen LogP contribution in [0.5, 0.6) is 5.75 Å². The molecule has 0 radical (unpaired) electrons. The fourth-order valence-corrected chi connectivity index (χ4v) is 3.26. The van der Waals surface area contributed by atoms with Gasteiger partial charge >= 0.3 is 5.97 Å². The third kappa shape index (κ3) is 4.57. The molecular weight excluding hydrogens is 360 g/mol. The number of benzene rings is 1. The molecule has 0 bridgehead atoms. The summed E-state index contributed by atoms with van der Waals surface area (Å²) in [6.07, 6.45) is 0.811. The molecule has 138 valence electrons. The Morgan fingerprint density at radius 3 is 2.62 bits per heavy atom. The number of thiophene rings is 1. The molecule has 0 spiro atoms. The van der Waals surface area contributed by atoms with Gasteiger partial charge < -0.3 is 14.8 Å². The topological polar surface area (TPSA) is 108 Å². The van der Waals surface area contributed by atoms with E-state index < -0.39 is 23.4 Å². The van der Waals surface area contributed by atoms with Crippen molar-refractivity contribution in [3.8, 4) is 5.75 Å². The summed E-state index contributed by atoms with van der Waals surface area (Å²) in [6.45, 7) is 3.35. The van der Waals surface area contributed by atoms with Crippen LogP contribution in [0.3, 0.4) is 0 Å². The maximum Gasteiger partial charge on any atom is 0.348 e. The van der Waals surface area contributed by atoms with Crippen molar-refractivity contribution in [2.24, 2.45) is 0 Å². The lowest BCUT2D eigenvalue weighted by atomic mass is 10.2. The minimum absolute atomic E-state index is 0.00270. The first kappa shape index (κ1) is 19.4. The van der Waals surface area contributed by atoms with Crippen molar-refractivity contribution in [1.82, 2.24) is 0 Å². The van der Waals surface area contributed by atoms with Crippen LogP contribution in [-0.2, 0) is 16.0 Å². The lowest BCUT2D eigenvalue weighted by Crippen LogP contribution is -2.21. The van der Waals surface area contributed by atoms with E-state index in [4.69, 9.17) is 9.47 Å². The van der Waals surface area contributed by atoms with Crippen LogP contribution in [0.25, 0.3) is 0 Å². The van der Waals surface area contributed by atoms with Gasteiger partial charge in [0.05, 0.1) is 18.1 Å². The maximum atomic E-state index is 12.0. The van der Waals surface area contributed by atoms with Crippen molar-refractivity contribution < 1.29 is 24.0 Å². The van der Waals surface area contributed by atoms with E-state index >= 15 is 0 Å². The number of nitro benzene ring substituents is 1. The van der Waals surface area contributed by atoms with Gasteiger partial charge in [0.1, 0.15) is 16.3 Å². The number of carbonyl (C=O) groups is 2. The van der Waals surface area contributed by atoms with Crippen LogP contribution in [0.15, 0.2) is 24.3 Å². The van der Waals surface area contributed by atoms with Crippen LogP contribution in [0.1, 0.15) is 27.0 Å². The fourth-order valence-electron chi connectivity index (χ4n) is 2.26. The molecule has 8 nitrogen and oxygen atoms in total. The Kier molecular flexibility index (Phi) is 6.29. The Hall–Kier alpha value is -2.94. The zero-order valence-corrected chi connectivity index (χ0v) is 15.3. The number of hydrogen-bond acceptors (Lipinski definition) is 7. The van der Waals surface area contributed by atoms with Gasteiger partial charge in [-0.1, -0.05) is 6.92 Å². The van der Waals surface area contributed by atoms with Crippen LogP contribution < -0.4 is 10.1 Å². The van der Waals surface area contributed by atoms with E-state index in [0.29, 0.717) is 10.6 Å². The van der Waals surface area contributed by atoms with Gasteiger partial charge in [0.2, 0.25) is 0 Å². The number of nitro groups is 1. The maximum absolute atomic E-state index is 12.0.